The molecule has 0 atom stereocenters. The van der Waals surface area contributed by atoms with E-state index in [9.17, 15) is 19.8 Å². The van der Waals surface area contributed by atoms with Crippen LogP contribution in [0.25, 0.3) is 22.3 Å². The maximum Gasteiger partial charge on any atom is 0.337 e. The number of carbonyl (C=O) groups excluding carboxylic acids is 1. The number of rotatable bonds is 5. The molecule has 0 aliphatic carbocycles. The summed E-state index contributed by atoms with van der Waals surface area (Å²) in [6.45, 7) is 0. The van der Waals surface area contributed by atoms with Crippen molar-refractivity contribution in [2.75, 3.05) is 5.32 Å². The number of phenolic OH excluding ortho intramolecular Hbond substituents is 1. The minimum absolute atomic E-state index is 0.0304. The predicted octanol–water partition coefficient (Wildman–Crippen LogP) is 5.07. The van der Waals surface area contributed by atoms with E-state index >= 15 is 0 Å². The summed E-state index contributed by atoms with van der Waals surface area (Å²) in [4.78, 5) is 28.7. The Balaban J connectivity index is 1.70. The molecule has 6 nitrogen and oxygen atoms in total. The van der Waals surface area contributed by atoms with Crippen molar-refractivity contribution in [1.29, 1.82) is 0 Å². The Morgan fingerprint density at radius 1 is 0.742 bits per heavy atom. The van der Waals surface area contributed by atoms with Crippen LogP contribution in [0.15, 0.2) is 91.3 Å². The number of nitrogens with one attached hydrogen (secondary N) is 1. The van der Waals surface area contributed by atoms with Crippen molar-refractivity contribution < 1.29 is 19.8 Å². The summed E-state index contributed by atoms with van der Waals surface area (Å²) in [5.74, 6) is -1.99. The molecule has 1 heterocycles. The van der Waals surface area contributed by atoms with Crippen LogP contribution in [-0.4, -0.2) is 27.1 Å². The largest absolute Gasteiger partial charge is 0.507 e. The van der Waals surface area contributed by atoms with E-state index in [1.807, 2.05) is 36.4 Å². The standard InChI is InChI=1S/C25H18N2O4/c28-23-11-9-17(19-7-4-12-26-15-19)13-21(23)24(29)27-22-14-18(8-10-20(22)25(30)31)16-5-2-1-3-6-16/h1-15,28H,(H,27,29)(H,30,31). The molecular weight excluding hydrogens is 392 g/mol. The fraction of sp³-hybridized carbons (Fsp3) is 0. The van der Waals surface area contributed by atoms with E-state index in [2.05, 4.69) is 10.3 Å². The zero-order valence-corrected chi connectivity index (χ0v) is 16.3. The number of hydrogen-bond acceptors (Lipinski definition) is 4. The van der Waals surface area contributed by atoms with Gasteiger partial charge in [0.15, 0.2) is 0 Å². The van der Waals surface area contributed by atoms with Crippen LogP contribution in [0, 0.1) is 0 Å². The first-order valence-corrected chi connectivity index (χ1v) is 9.50. The molecule has 0 fully saturated rings. The van der Waals surface area contributed by atoms with Crippen molar-refractivity contribution in [2.24, 2.45) is 0 Å². The summed E-state index contributed by atoms with van der Waals surface area (Å²) in [6, 6.07) is 22.4. The molecular formula is C25H18N2O4. The van der Waals surface area contributed by atoms with Gasteiger partial charge >= 0.3 is 5.97 Å². The molecule has 4 rings (SSSR count). The van der Waals surface area contributed by atoms with Gasteiger partial charge in [-0.1, -0.05) is 48.5 Å². The van der Waals surface area contributed by atoms with Gasteiger partial charge in [-0.15, -0.1) is 0 Å². The summed E-state index contributed by atoms with van der Waals surface area (Å²) in [5.41, 5.74) is 3.26. The van der Waals surface area contributed by atoms with E-state index in [4.69, 9.17) is 0 Å². The van der Waals surface area contributed by atoms with Crippen LogP contribution in [-0.2, 0) is 0 Å². The van der Waals surface area contributed by atoms with Crippen LogP contribution in [0.1, 0.15) is 20.7 Å². The second-order valence-corrected chi connectivity index (χ2v) is 6.86. The van der Waals surface area contributed by atoms with E-state index in [-0.39, 0.29) is 22.6 Å². The number of hydrogen-bond donors (Lipinski definition) is 3. The van der Waals surface area contributed by atoms with E-state index in [0.29, 0.717) is 5.56 Å². The Morgan fingerprint density at radius 3 is 2.16 bits per heavy atom. The van der Waals surface area contributed by atoms with Crippen molar-refractivity contribution >= 4 is 17.6 Å². The zero-order chi connectivity index (χ0) is 21.8. The van der Waals surface area contributed by atoms with Gasteiger partial charge in [-0.25, -0.2) is 4.79 Å². The Labute approximate surface area is 178 Å². The molecule has 0 saturated heterocycles. The zero-order valence-electron chi connectivity index (χ0n) is 16.3. The molecule has 6 heteroatoms. The third-order valence-corrected chi connectivity index (χ3v) is 4.84. The van der Waals surface area contributed by atoms with Gasteiger partial charge < -0.3 is 15.5 Å². The number of aromatic nitrogens is 1. The van der Waals surface area contributed by atoms with Gasteiger partial charge in [0.05, 0.1) is 16.8 Å². The second-order valence-electron chi connectivity index (χ2n) is 6.86. The summed E-state index contributed by atoms with van der Waals surface area (Å²) < 4.78 is 0. The first kappa shape index (κ1) is 19.8. The normalized spacial score (nSPS) is 10.5. The Morgan fingerprint density at radius 2 is 1.45 bits per heavy atom. The molecule has 0 aliphatic rings. The number of aromatic carboxylic acids is 1. The lowest BCUT2D eigenvalue weighted by Crippen LogP contribution is -2.15. The van der Waals surface area contributed by atoms with Crippen molar-refractivity contribution in [1.82, 2.24) is 4.98 Å². The van der Waals surface area contributed by atoms with E-state index in [1.54, 1.807) is 42.7 Å². The van der Waals surface area contributed by atoms with Gasteiger partial charge in [-0.3, -0.25) is 9.78 Å². The Kier molecular flexibility index (Phi) is 5.45. The molecule has 0 spiro atoms. The van der Waals surface area contributed by atoms with Crippen LogP contribution >= 0.6 is 0 Å². The van der Waals surface area contributed by atoms with Crippen LogP contribution in [0.5, 0.6) is 5.75 Å². The minimum atomic E-state index is -1.16. The van der Waals surface area contributed by atoms with Gasteiger partial charge in [0.1, 0.15) is 5.75 Å². The number of carbonyl (C=O) groups is 2. The molecule has 1 amide bonds. The van der Waals surface area contributed by atoms with Gasteiger partial charge in [-0.2, -0.15) is 0 Å². The van der Waals surface area contributed by atoms with Crippen LogP contribution in [0.2, 0.25) is 0 Å². The number of benzene rings is 3. The molecule has 3 N–H and O–H groups in total. The third kappa shape index (κ3) is 4.28. The maximum atomic E-state index is 13.0. The average molecular weight is 410 g/mol. The number of aromatic hydroxyl groups is 1. The number of carboxylic acid groups (broad SMARTS) is 1. The van der Waals surface area contributed by atoms with Gasteiger partial charge in [-0.05, 0) is 47.0 Å². The van der Waals surface area contributed by atoms with Gasteiger partial charge in [0.2, 0.25) is 0 Å². The molecule has 0 radical (unpaired) electrons. The second kappa shape index (κ2) is 8.51. The van der Waals surface area contributed by atoms with Crippen molar-refractivity contribution in [2.45, 2.75) is 0 Å². The lowest BCUT2D eigenvalue weighted by atomic mass is 10.0. The fourth-order valence-corrected chi connectivity index (χ4v) is 3.26. The topological polar surface area (TPSA) is 99.5 Å². The molecule has 0 bridgehead atoms. The highest BCUT2D eigenvalue weighted by Crippen LogP contribution is 2.29. The first-order chi connectivity index (χ1) is 15.0. The number of carboxylic acids is 1. The molecule has 3 aromatic carbocycles. The van der Waals surface area contributed by atoms with E-state index in [0.717, 1.165) is 16.7 Å². The van der Waals surface area contributed by atoms with Crippen molar-refractivity contribution in [3.8, 4) is 28.0 Å². The summed E-state index contributed by atoms with van der Waals surface area (Å²) in [7, 11) is 0. The number of anilines is 1. The molecule has 0 aliphatic heterocycles. The molecule has 1 aromatic heterocycles. The number of nitrogens with zero attached hydrogens (tertiary/aromatic N) is 1. The fourth-order valence-electron chi connectivity index (χ4n) is 3.26. The maximum absolute atomic E-state index is 13.0. The smallest absolute Gasteiger partial charge is 0.337 e. The van der Waals surface area contributed by atoms with Gasteiger partial charge in [0, 0.05) is 18.0 Å². The summed E-state index contributed by atoms with van der Waals surface area (Å²) in [5, 5.41) is 22.4. The number of pyridine rings is 1. The van der Waals surface area contributed by atoms with E-state index in [1.165, 1.54) is 12.1 Å². The molecule has 152 valence electrons. The van der Waals surface area contributed by atoms with Crippen molar-refractivity contribution in [3.05, 3.63) is 102 Å². The summed E-state index contributed by atoms with van der Waals surface area (Å²) >= 11 is 0. The highest BCUT2D eigenvalue weighted by molar-refractivity contribution is 6.10. The summed E-state index contributed by atoms with van der Waals surface area (Å²) in [6.07, 6.45) is 3.30. The first-order valence-electron chi connectivity index (χ1n) is 9.50. The Hall–Kier alpha value is -4.45. The third-order valence-electron chi connectivity index (χ3n) is 4.84. The molecule has 31 heavy (non-hydrogen) atoms. The van der Waals surface area contributed by atoms with Crippen molar-refractivity contribution in [3.63, 3.8) is 0 Å². The molecule has 0 saturated carbocycles. The van der Waals surface area contributed by atoms with Crippen LogP contribution in [0.3, 0.4) is 0 Å². The minimum Gasteiger partial charge on any atom is -0.507 e. The quantitative estimate of drug-likeness (QED) is 0.426. The van der Waals surface area contributed by atoms with Crippen LogP contribution < -0.4 is 5.32 Å². The highest BCUT2D eigenvalue weighted by atomic mass is 16.4. The van der Waals surface area contributed by atoms with Crippen LogP contribution in [0.4, 0.5) is 5.69 Å². The average Bonchev–Trinajstić information content (AvgIpc) is 2.80. The number of phenols is 1. The lowest BCUT2D eigenvalue weighted by molar-refractivity contribution is 0.0698. The highest BCUT2D eigenvalue weighted by Gasteiger charge is 2.18. The number of amides is 1. The molecule has 4 aromatic rings. The Bertz CT molecular complexity index is 1260. The molecule has 0 unspecified atom stereocenters. The van der Waals surface area contributed by atoms with Gasteiger partial charge in [0.25, 0.3) is 5.91 Å². The van der Waals surface area contributed by atoms with E-state index < -0.39 is 11.9 Å². The lowest BCUT2D eigenvalue weighted by Gasteiger charge is -2.13. The monoisotopic (exact) mass is 410 g/mol. The SMILES string of the molecule is O=C(Nc1cc(-c2ccccc2)ccc1C(=O)O)c1cc(-c2cccnc2)ccc1O. The predicted molar refractivity (Wildman–Crippen MR) is 118 cm³/mol.